The summed E-state index contributed by atoms with van der Waals surface area (Å²) >= 11 is 0. The van der Waals surface area contributed by atoms with Gasteiger partial charge < -0.3 is 11.5 Å². The van der Waals surface area contributed by atoms with Crippen molar-refractivity contribution in [3.05, 3.63) is 96.1 Å². The van der Waals surface area contributed by atoms with Gasteiger partial charge in [0.05, 0.1) is 0 Å². The first-order valence-electron chi connectivity index (χ1n) is 8.22. The third kappa shape index (κ3) is 3.55. The molecule has 0 aliphatic carbocycles. The van der Waals surface area contributed by atoms with Crippen molar-refractivity contribution in [3.63, 3.8) is 0 Å². The Morgan fingerprint density at radius 1 is 0.462 bits per heavy atom. The molecule has 4 rings (SSSR count). The van der Waals surface area contributed by atoms with Crippen molar-refractivity contribution in [1.82, 2.24) is 0 Å². The summed E-state index contributed by atoms with van der Waals surface area (Å²) in [5.74, 6) is 0. The summed E-state index contributed by atoms with van der Waals surface area (Å²) in [4.78, 5) is 0. The van der Waals surface area contributed by atoms with Gasteiger partial charge in [0.2, 0.25) is 0 Å². The number of hydrogen-bond donors (Lipinski definition) is 2. The zero-order valence-corrected chi connectivity index (χ0v) is 15.8. The molecule has 0 amide bonds. The summed E-state index contributed by atoms with van der Waals surface area (Å²) in [5.41, 5.74) is 15.4. The molecule has 4 N–H and O–H groups in total. The number of benzene rings is 4. The SMILES string of the molecule is Cl.Cl.N[C@@H](c1cccc2ccccc12)[C@@H](N)c1cccc2ccccc12. The molecule has 0 bridgehead atoms. The van der Waals surface area contributed by atoms with Gasteiger partial charge in [-0.2, -0.15) is 0 Å². The van der Waals surface area contributed by atoms with Crippen LogP contribution in [-0.2, 0) is 0 Å². The summed E-state index contributed by atoms with van der Waals surface area (Å²) < 4.78 is 0. The lowest BCUT2D eigenvalue weighted by Crippen LogP contribution is -2.26. The Balaban J connectivity index is 0.00000121. The van der Waals surface area contributed by atoms with E-state index < -0.39 is 0 Å². The standard InChI is InChI=1S/C22H20N2.2ClH/c23-21(19-13-5-9-15-7-1-3-11-17(15)19)22(24)20-14-6-10-16-8-2-4-12-18(16)20;;/h1-14,21-22H,23-24H2;2*1H/t21-,22-;;/m0../s1. The minimum Gasteiger partial charge on any atom is -0.322 e. The topological polar surface area (TPSA) is 52.0 Å². The second-order valence-electron chi connectivity index (χ2n) is 6.19. The van der Waals surface area contributed by atoms with Crippen molar-refractivity contribution in [2.24, 2.45) is 11.5 Å². The Hall–Kier alpha value is -2.10. The van der Waals surface area contributed by atoms with E-state index in [9.17, 15) is 0 Å². The Bertz CT molecular complexity index is 923. The largest absolute Gasteiger partial charge is 0.322 e. The zero-order valence-electron chi connectivity index (χ0n) is 14.2. The van der Waals surface area contributed by atoms with E-state index >= 15 is 0 Å². The van der Waals surface area contributed by atoms with Gasteiger partial charge >= 0.3 is 0 Å². The van der Waals surface area contributed by atoms with Gasteiger partial charge in [-0.25, -0.2) is 0 Å². The van der Waals surface area contributed by atoms with E-state index in [2.05, 4.69) is 48.5 Å². The summed E-state index contributed by atoms with van der Waals surface area (Å²) in [7, 11) is 0. The summed E-state index contributed by atoms with van der Waals surface area (Å²) in [6, 6.07) is 28.6. The number of rotatable bonds is 3. The second-order valence-corrected chi connectivity index (χ2v) is 6.19. The molecule has 4 aromatic rings. The number of nitrogens with two attached hydrogens (primary N) is 2. The van der Waals surface area contributed by atoms with Gasteiger partial charge in [0.1, 0.15) is 0 Å². The Labute approximate surface area is 166 Å². The maximum absolute atomic E-state index is 6.60. The van der Waals surface area contributed by atoms with Crippen molar-refractivity contribution < 1.29 is 0 Å². The molecule has 4 aromatic carbocycles. The van der Waals surface area contributed by atoms with E-state index in [1.807, 2.05) is 36.4 Å². The smallest absolute Gasteiger partial charge is 0.0497 e. The van der Waals surface area contributed by atoms with E-state index in [-0.39, 0.29) is 36.9 Å². The molecular weight excluding hydrogens is 363 g/mol. The monoisotopic (exact) mass is 384 g/mol. The van der Waals surface area contributed by atoms with E-state index in [0.29, 0.717) is 0 Å². The molecule has 0 aromatic heterocycles. The lowest BCUT2D eigenvalue weighted by molar-refractivity contribution is 0.581. The van der Waals surface area contributed by atoms with Gasteiger partial charge in [-0.1, -0.05) is 84.9 Å². The molecule has 0 aliphatic heterocycles. The normalized spacial score (nSPS) is 12.8. The highest BCUT2D eigenvalue weighted by Gasteiger charge is 2.20. The first-order valence-corrected chi connectivity index (χ1v) is 8.22. The highest BCUT2D eigenvalue weighted by molar-refractivity contribution is 5.88. The molecule has 0 fully saturated rings. The van der Waals surface area contributed by atoms with Crippen LogP contribution < -0.4 is 11.5 Å². The van der Waals surface area contributed by atoms with Crippen molar-refractivity contribution >= 4 is 46.4 Å². The van der Waals surface area contributed by atoms with E-state index in [0.717, 1.165) is 11.1 Å². The lowest BCUT2D eigenvalue weighted by atomic mass is 9.89. The van der Waals surface area contributed by atoms with Crippen LogP contribution in [0, 0.1) is 0 Å². The fourth-order valence-electron chi connectivity index (χ4n) is 3.47. The summed E-state index contributed by atoms with van der Waals surface area (Å²) in [6.45, 7) is 0. The second kappa shape index (κ2) is 8.52. The van der Waals surface area contributed by atoms with Crippen molar-refractivity contribution in [2.45, 2.75) is 12.1 Å². The van der Waals surface area contributed by atoms with Gasteiger partial charge in [0.25, 0.3) is 0 Å². The maximum Gasteiger partial charge on any atom is 0.0497 e. The van der Waals surface area contributed by atoms with Gasteiger partial charge in [-0.15, -0.1) is 24.8 Å². The number of halogens is 2. The van der Waals surface area contributed by atoms with Crippen LogP contribution >= 0.6 is 24.8 Å². The number of fused-ring (bicyclic) bond motifs is 2. The van der Waals surface area contributed by atoms with Crippen molar-refractivity contribution in [1.29, 1.82) is 0 Å². The predicted octanol–water partition coefficient (Wildman–Crippen LogP) is 5.54. The van der Waals surface area contributed by atoms with Crippen LogP contribution in [-0.4, -0.2) is 0 Å². The zero-order chi connectivity index (χ0) is 16.5. The Morgan fingerprint density at radius 3 is 1.23 bits per heavy atom. The van der Waals surface area contributed by atoms with Crippen molar-refractivity contribution in [3.8, 4) is 0 Å². The molecule has 2 atom stereocenters. The summed E-state index contributed by atoms with van der Waals surface area (Å²) in [6.07, 6.45) is 0. The first-order chi connectivity index (χ1) is 11.8. The molecule has 0 unspecified atom stereocenters. The molecule has 0 aliphatic rings. The van der Waals surface area contributed by atoms with Crippen molar-refractivity contribution in [2.75, 3.05) is 0 Å². The van der Waals surface area contributed by atoms with Crippen LogP contribution in [0.15, 0.2) is 84.9 Å². The molecule has 2 nitrogen and oxygen atoms in total. The summed E-state index contributed by atoms with van der Waals surface area (Å²) in [5, 5.41) is 4.72. The van der Waals surface area contributed by atoms with E-state index in [1.54, 1.807) is 0 Å². The van der Waals surface area contributed by atoms with Crippen LogP contribution in [0.25, 0.3) is 21.5 Å². The first kappa shape index (κ1) is 20.2. The van der Waals surface area contributed by atoms with Gasteiger partial charge in [0, 0.05) is 12.1 Å². The maximum atomic E-state index is 6.60. The predicted molar refractivity (Wildman–Crippen MR) is 116 cm³/mol. The molecule has 134 valence electrons. The fourth-order valence-corrected chi connectivity index (χ4v) is 3.47. The third-order valence-corrected chi connectivity index (χ3v) is 4.75. The quantitative estimate of drug-likeness (QED) is 0.487. The van der Waals surface area contributed by atoms with Crippen LogP contribution in [0.2, 0.25) is 0 Å². The molecule has 0 radical (unpaired) electrons. The highest BCUT2D eigenvalue weighted by atomic mass is 35.5. The molecule has 0 heterocycles. The van der Waals surface area contributed by atoms with Crippen LogP contribution in [0.5, 0.6) is 0 Å². The van der Waals surface area contributed by atoms with Gasteiger partial charge in [-0.05, 0) is 32.7 Å². The third-order valence-electron chi connectivity index (χ3n) is 4.75. The molecule has 0 spiro atoms. The molecule has 0 saturated carbocycles. The average molecular weight is 385 g/mol. The fraction of sp³-hybridized carbons (Fsp3) is 0.0909. The number of hydrogen-bond acceptors (Lipinski definition) is 2. The molecular formula is C22H22Cl2N2. The molecule has 0 saturated heterocycles. The van der Waals surface area contributed by atoms with Gasteiger partial charge in [-0.3, -0.25) is 0 Å². The highest BCUT2D eigenvalue weighted by Crippen LogP contribution is 2.33. The Kier molecular flexibility index (Phi) is 6.63. The average Bonchev–Trinajstić information content (AvgIpc) is 2.66. The van der Waals surface area contributed by atoms with E-state index in [1.165, 1.54) is 21.5 Å². The molecule has 26 heavy (non-hydrogen) atoms. The van der Waals surface area contributed by atoms with Crippen LogP contribution in [0.1, 0.15) is 23.2 Å². The lowest BCUT2D eigenvalue weighted by Gasteiger charge is -2.23. The van der Waals surface area contributed by atoms with E-state index in [4.69, 9.17) is 11.5 Å². The minimum atomic E-state index is -0.262. The van der Waals surface area contributed by atoms with Gasteiger partial charge in [0.15, 0.2) is 0 Å². The van der Waals surface area contributed by atoms with Crippen LogP contribution in [0.4, 0.5) is 0 Å². The Morgan fingerprint density at radius 2 is 0.808 bits per heavy atom. The molecule has 4 heteroatoms. The minimum absolute atomic E-state index is 0. The van der Waals surface area contributed by atoms with Crippen LogP contribution in [0.3, 0.4) is 0 Å².